The number of esters is 2. The zero-order valence-electron chi connectivity index (χ0n) is 39.8. The van der Waals surface area contributed by atoms with Gasteiger partial charge in [-0.05, 0) is 90.3 Å². The first kappa shape index (κ1) is 56.5. The van der Waals surface area contributed by atoms with Crippen LogP contribution in [0.5, 0.6) is 0 Å². The second kappa shape index (κ2) is 48.1. The molecule has 0 bridgehead atoms. The van der Waals surface area contributed by atoms with Crippen molar-refractivity contribution in [2.24, 2.45) is 0 Å². The average Bonchev–Trinajstić information content (AvgIpc) is 3.22. The molecule has 0 saturated heterocycles. The van der Waals surface area contributed by atoms with E-state index in [0.29, 0.717) is 19.4 Å². The van der Waals surface area contributed by atoms with Gasteiger partial charge in [-0.3, -0.25) is 9.59 Å². The van der Waals surface area contributed by atoms with Gasteiger partial charge in [0.05, 0.1) is 6.61 Å². The molecular weight excluding hydrogens is 715 g/mol. The monoisotopic (exact) mass is 816 g/mol. The highest BCUT2D eigenvalue weighted by atomic mass is 16.5. The molecule has 0 radical (unpaired) electrons. The standard InChI is InChI=1S/C53H101NO4/c1-5-9-13-16-26-34-42-50-57-52(55)45-37-30-24-22-20-19-21-23-25-32-40-48-54(47-39-12-8-4)49-41-33-27-31-38-46-53(56)58-51(43-35-28-17-14-10-6-2)44-36-29-18-15-11-7-3/h51H,5-15,17-25,27-50H2,1-4H3. The number of ether oxygens (including phenoxy) is 2. The van der Waals surface area contributed by atoms with Gasteiger partial charge in [0.2, 0.25) is 0 Å². The Hall–Kier alpha value is -1.54. The van der Waals surface area contributed by atoms with E-state index in [9.17, 15) is 9.59 Å². The van der Waals surface area contributed by atoms with Crippen LogP contribution in [0, 0.1) is 11.8 Å². The predicted molar refractivity (Wildman–Crippen MR) is 252 cm³/mol. The molecule has 0 aromatic heterocycles. The summed E-state index contributed by atoms with van der Waals surface area (Å²) in [5, 5.41) is 0. The highest BCUT2D eigenvalue weighted by Gasteiger charge is 2.14. The Labute approximate surface area is 363 Å². The second-order valence-corrected chi connectivity index (χ2v) is 17.7. The van der Waals surface area contributed by atoms with Crippen LogP contribution in [0.25, 0.3) is 0 Å². The lowest BCUT2D eigenvalue weighted by molar-refractivity contribution is -0.150. The highest BCUT2D eigenvalue weighted by molar-refractivity contribution is 5.69. The number of carbonyl (C=O) groups is 2. The molecule has 0 aliphatic carbocycles. The van der Waals surface area contributed by atoms with Crippen molar-refractivity contribution in [3.63, 3.8) is 0 Å². The number of nitrogens with zero attached hydrogens (tertiary/aromatic N) is 1. The van der Waals surface area contributed by atoms with Crippen molar-refractivity contribution in [1.82, 2.24) is 4.90 Å². The third kappa shape index (κ3) is 44.0. The molecule has 0 aliphatic rings. The van der Waals surface area contributed by atoms with E-state index >= 15 is 0 Å². The van der Waals surface area contributed by atoms with E-state index in [2.05, 4.69) is 44.4 Å². The van der Waals surface area contributed by atoms with Crippen LogP contribution in [-0.4, -0.2) is 49.2 Å². The van der Waals surface area contributed by atoms with Gasteiger partial charge in [-0.1, -0.05) is 188 Å². The van der Waals surface area contributed by atoms with Crippen LogP contribution in [0.3, 0.4) is 0 Å². The Morgan fingerprint density at radius 3 is 1.21 bits per heavy atom. The second-order valence-electron chi connectivity index (χ2n) is 17.7. The molecular formula is C53H101NO4. The SMILES string of the molecule is CCCCC#CCCCOC(=O)CCCCCCCCCCCCCN(CCCCC)CCCCCCCC(=O)OC(CCCCCCCC)CCCCCCCC. The summed E-state index contributed by atoms with van der Waals surface area (Å²) in [6.07, 6.45) is 48.1. The molecule has 0 amide bonds. The topological polar surface area (TPSA) is 55.8 Å². The fourth-order valence-electron chi connectivity index (χ4n) is 7.92. The number of hydrogen-bond donors (Lipinski definition) is 0. The summed E-state index contributed by atoms with van der Waals surface area (Å²) in [5.41, 5.74) is 0. The Kier molecular flexibility index (Phi) is 46.9. The molecule has 0 spiro atoms. The summed E-state index contributed by atoms with van der Waals surface area (Å²) < 4.78 is 11.4. The number of rotatable bonds is 46. The van der Waals surface area contributed by atoms with E-state index in [1.807, 2.05) is 0 Å². The zero-order chi connectivity index (χ0) is 42.3. The van der Waals surface area contributed by atoms with Crippen LogP contribution in [-0.2, 0) is 19.1 Å². The summed E-state index contributed by atoms with van der Waals surface area (Å²) in [6.45, 7) is 13.3. The van der Waals surface area contributed by atoms with Gasteiger partial charge >= 0.3 is 11.9 Å². The van der Waals surface area contributed by atoms with Crippen molar-refractivity contribution < 1.29 is 19.1 Å². The van der Waals surface area contributed by atoms with Crippen molar-refractivity contribution in [1.29, 1.82) is 0 Å². The Balaban J connectivity index is 3.98. The van der Waals surface area contributed by atoms with Gasteiger partial charge in [0.25, 0.3) is 0 Å². The van der Waals surface area contributed by atoms with E-state index < -0.39 is 0 Å². The number of hydrogen-bond acceptors (Lipinski definition) is 5. The maximum atomic E-state index is 12.8. The Morgan fingerprint density at radius 2 is 0.741 bits per heavy atom. The van der Waals surface area contributed by atoms with E-state index in [-0.39, 0.29) is 18.0 Å². The lowest BCUT2D eigenvalue weighted by Gasteiger charge is -2.22. The fraction of sp³-hybridized carbons (Fsp3) is 0.925. The van der Waals surface area contributed by atoms with Gasteiger partial charge < -0.3 is 14.4 Å². The van der Waals surface area contributed by atoms with Crippen LogP contribution >= 0.6 is 0 Å². The first-order valence-corrected chi connectivity index (χ1v) is 26.1. The van der Waals surface area contributed by atoms with Crippen LogP contribution < -0.4 is 0 Å². The third-order valence-electron chi connectivity index (χ3n) is 11.8. The van der Waals surface area contributed by atoms with E-state index in [4.69, 9.17) is 9.47 Å². The lowest BCUT2D eigenvalue weighted by Crippen LogP contribution is -2.27. The van der Waals surface area contributed by atoms with Gasteiger partial charge in [-0.25, -0.2) is 0 Å². The molecule has 0 aromatic rings. The van der Waals surface area contributed by atoms with E-state index in [0.717, 1.165) is 57.8 Å². The van der Waals surface area contributed by atoms with E-state index in [1.54, 1.807) is 0 Å². The minimum Gasteiger partial charge on any atom is -0.466 e. The largest absolute Gasteiger partial charge is 0.466 e. The van der Waals surface area contributed by atoms with Crippen molar-refractivity contribution in [3.05, 3.63) is 0 Å². The molecule has 0 atom stereocenters. The third-order valence-corrected chi connectivity index (χ3v) is 11.8. The number of unbranched alkanes of at least 4 members (excludes halogenated alkanes) is 29. The molecule has 342 valence electrons. The molecule has 0 fully saturated rings. The van der Waals surface area contributed by atoms with Gasteiger partial charge in [-0.2, -0.15) is 0 Å². The lowest BCUT2D eigenvalue weighted by atomic mass is 10.0. The average molecular weight is 816 g/mol. The molecule has 0 N–H and O–H groups in total. The maximum Gasteiger partial charge on any atom is 0.306 e. The van der Waals surface area contributed by atoms with Crippen molar-refractivity contribution >= 4 is 11.9 Å². The van der Waals surface area contributed by atoms with Crippen molar-refractivity contribution in [3.8, 4) is 11.8 Å². The maximum absolute atomic E-state index is 12.8. The van der Waals surface area contributed by atoms with Gasteiger partial charge in [0.15, 0.2) is 0 Å². The van der Waals surface area contributed by atoms with Gasteiger partial charge in [-0.15, -0.1) is 11.8 Å². The van der Waals surface area contributed by atoms with Crippen molar-refractivity contribution in [2.45, 2.75) is 291 Å². The normalized spacial score (nSPS) is 11.3. The molecule has 0 aliphatic heterocycles. The summed E-state index contributed by atoms with van der Waals surface area (Å²) in [7, 11) is 0. The summed E-state index contributed by atoms with van der Waals surface area (Å²) >= 11 is 0. The van der Waals surface area contributed by atoms with Gasteiger partial charge in [0, 0.05) is 25.7 Å². The summed E-state index contributed by atoms with van der Waals surface area (Å²) in [6, 6.07) is 0. The minimum absolute atomic E-state index is 0.0365. The highest BCUT2D eigenvalue weighted by Crippen LogP contribution is 2.19. The molecule has 58 heavy (non-hydrogen) atoms. The summed E-state index contributed by atoms with van der Waals surface area (Å²) in [5.74, 6) is 6.38. The van der Waals surface area contributed by atoms with Crippen LogP contribution in [0.4, 0.5) is 0 Å². The van der Waals surface area contributed by atoms with Gasteiger partial charge in [0.1, 0.15) is 6.10 Å². The molecule has 5 nitrogen and oxygen atoms in total. The molecule has 0 saturated carbocycles. The first-order chi connectivity index (χ1) is 28.6. The quantitative estimate of drug-likeness (QED) is 0.0348. The molecule has 0 aromatic carbocycles. The fourth-order valence-corrected chi connectivity index (χ4v) is 7.92. The minimum atomic E-state index is -0.0365. The Morgan fingerprint density at radius 1 is 0.397 bits per heavy atom. The molecule has 5 heteroatoms. The van der Waals surface area contributed by atoms with Crippen molar-refractivity contribution in [2.75, 3.05) is 26.2 Å². The van der Waals surface area contributed by atoms with Crippen LogP contribution in [0.15, 0.2) is 0 Å². The zero-order valence-corrected chi connectivity index (χ0v) is 39.8. The van der Waals surface area contributed by atoms with E-state index in [1.165, 1.54) is 206 Å². The number of carbonyl (C=O) groups excluding carboxylic acids is 2. The summed E-state index contributed by atoms with van der Waals surface area (Å²) in [4.78, 5) is 27.5. The smallest absolute Gasteiger partial charge is 0.306 e. The molecule has 0 heterocycles. The molecule has 0 rings (SSSR count). The molecule has 0 unspecified atom stereocenters. The van der Waals surface area contributed by atoms with Crippen LogP contribution in [0.2, 0.25) is 0 Å². The first-order valence-electron chi connectivity index (χ1n) is 26.1. The van der Waals surface area contributed by atoms with Crippen LogP contribution in [0.1, 0.15) is 285 Å². The Bertz CT molecular complexity index is 894. The predicted octanol–water partition coefficient (Wildman–Crippen LogP) is 16.4.